The van der Waals surface area contributed by atoms with E-state index < -0.39 is 54.3 Å². The summed E-state index contributed by atoms with van der Waals surface area (Å²) in [6.45, 7) is 0.0288. The van der Waals surface area contributed by atoms with Crippen LogP contribution in [0.25, 0.3) is 0 Å². The molecule has 1 aromatic heterocycles. The van der Waals surface area contributed by atoms with Gasteiger partial charge in [0.15, 0.2) is 12.5 Å². The van der Waals surface area contributed by atoms with E-state index in [4.69, 9.17) is 19.9 Å². The molecule has 0 aliphatic carbocycles. The molecule has 11 nitrogen and oxygen atoms in total. The van der Waals surface area contributed by atoms with Gasteiger partial charge in [-0.05, 0) is 0 Å². The molecule has 0 bridgehead atoms. The maximum atomic E-state index is 11.8. The van der Waals surface area contributed by atoms with E-state index in [1.54, 1.807) is 0 Å². The molecule has 2 aliphatic heterocycles. The van der Waals surface area contributed by atoms with Crippen molar-refractivity contribution in [3.8, 4) is 0 Å². The van der Waals surface area contributed by atoms with Crippen molar-refractivity contribution >= 4 is 0 Å². The van der Waals surface area contributed by atoms with Crippen molar-refractivity contribution in [1.82, 2.24) is 9.55 Å². The highest BCUT2D eigenvalue weighted by atomic mass is 16.7. The fourth-order valence-electron chi connectivity index (χ4n) is 2.94. The fourth-order valence-corrected chi connectivity index (χ4v) is 2.94. The summed E-state index contributed by atoms with van der Waals surface area (Å²) in [4.78, 5) is 25.0. The molecule has 0 spiro atoms. The Bertz CT molecular complexity index is 706. The van der Waals surface area contributed by atoms with E-state index in [0.717, 1.165) is 10.6 Å². The number of aromatic amines is 1. The minimum absolute atomic E-state index is 0.124. The average Bonchev–Trinajstić information content (AvgIpc) is 3.07. The van der Waals surface area contributed by atoms with Gasteiger partial charge in [-0.15, -0.1) is 0 Å². The second kappa shape index (κ2) is 7.33. The maximum absolute atomic E-state index is 11.8. The smallest absolute Gasteiger partial charge is 0.330 e. The zero-order chi connectivity index (χ0) is 18.1. The monoisotopic (exact) mass is 359 g/mol. The van der Waals surface area contributed by atoms with E-state index in [2.05, 4.69) is 0 Å². The molecule has 2 fully saturated rings. The van der Waals surface area contributed by atoms with E-state index in [1.807, 2.05) is 4.98 Å². The topological polar surface area (TPSA) is 169 Å². The van der Waals surface area contributed by atoms with E-state index in [9.17, 15) is 24.9 Å². The molecular weight excluding hydrogens is 338 g/mol. The highest BCUT2D eigenvalue weighted by molar-refractivity contribution is 4.93. The third-order valence-corrected chi connectivity index (χ3v) is 4.33. The predicted octanol–water partition coefficient (Wildman–Crippen LogP) is -3.39. The number of hydrogen-bond donors (Lipinski definition) is 5. The number of hydrogen-bond acceptors (Lipinski definition) is 9. The summed E-state index contributed by atoms with van der Waals surface area (Å²) in [5.41, 5.74) is 4.11. The number of H-pyrrole nitrogens is 1. The summed E-state index contributed by atoms with van der Waals surface area (Å²) in [6.07, 6.45) is -5.32. The van der Waals surface area contributed by atoms with Crippen molar-refractivity contribution in [3.63, 3.8) is 0 Å². The lowest BCUT2D eigenvalue weighted by atomic mass is 10.1. The minimum Gasteiger partial charge on any atom is -0.390 e. The van der Waals surface area contributed by atoms with Gasteiger partial charge in [-0.1, -0.05) is 0 Å². The molecule has 1 aromatic rings. The van der Waals surface area contributed by atoms with Gasteiger partial charge >= 0.3 is 5.69 Å². The summed E-state index contributed by atoms with van der Waals surface area (Å²) in [7, 11) is 0. The van der Waals surface area contributed by atoms with Crippen LogP contribution >= 0.6 is 0 Å². The lowest BCUT2D eigenvalue weighted by molar-refractivity contribution is -0.162. The van der Waals surface area contributed by atoms with Gasteiger partial charge in [-0.3, -0.25) is 14.3 Å². The lowest BCUT2D eigenvalue weighted by Crippen LogP contribution is -2.37. The van der Waals surface area contributed by atoms with Crippen molar-refractivity contribution in [3.05, 3.63) is 33.1 Å². The zero-order valence-corrected chi connectivity index (χ0v) is 13.2. The lowest BCUT2D eigenvalue weighted by Gasteiger charge is -2.18. The molecule has 0 amide bonds. The Morgan fingerprint density at radius 1 is 1.24 bits per heavy atom. The number of nitrogens with one attached hydrogen (secondary N) is 1. The van der Waals surface area contributed by atoms with Crippen molar-refractivity contribution in [2.45, 2.75) is 49.5 Å². The number of aliphatic hydroxyl groups is 3. The Labute approximate surface area is 141 Å². The second-order valence-corrected chi connectivity index (χ2v) is 6.04. The normalized spacial score (nSPS) is 38.3. The molecule has 6 N–H and O–H groups in total. The standard InChI is InChI=1S/C14H21N3O8/c15-4-7-6(18)3-10(24-7)23-5-8-11(20)12(21)13(25-8)17-2-1-9(19)16-14(17)22/h1-2,6-8,10-13,18,20-21H,3-5,15H2,(H,16,19,22)/t6-,7+,8+,10+,11+,12+,13+/m0/s1. The molecular formula is C14H21N3O8. The number of ether oxygens (including phenoxy) is 3. The van der Waals surface area contributed by atoms with Gasteiger partial charge in [-0.2, -0.15) is 0 Å². The second-order valence-electron chi connectivity index (χ2n) is 6.04. The third-order valence-electron chi connectivity index (χ3n) is 4.33. The number of aliphatic hydroxyl groups excluding tert-OH is 3. The first-order chi connectivity index (χ1) is 11.9. The summed E-state index contributed by atoms with van der Waals surface area (Å²) in [5, 5.41) is 29.9. The largest absolute Gasteiger partial charge is 0.390 e. The van der Waals surface area contributed by atoms with Gasteiger partial charge in [0.25, 0.3) is 5.56 Å². The van der Waals surface area contributed by atoms with Crippen molar-refractivity contribution in [2.24, 2.45) is 5.73 Å². The van der Waals surface area contributed by atoms with Crippen molar-refractivity contribution in [1.29, 1.82) is 0 Å². The third kappa shape index (κ3) is 3.67. The van der Waals surface area contributed by atoms with E-state index in [0.29, 0.717) is 0 Å². The van der Waals surface area contributed by atoms with Crippen LogP contribution in [0.2, 0.25) is 0 Å². The molecule has 2 aliphatic rings. The maximum Gasteiger partial charge on any atom is 0.330 e. The van der Waals surface area contributed by atoms with Gasteiger partial charge < -0.3 is 35.3 Å². The van der Waals surface area contributed by atoms with Crippen LogP contribution in [0.5, 0.6) is 0 Å². The number of nitrogens with two attached hydrogens (primary N) is 1. The molecule has 11 heteroatoms. The van der Waals surface area contributed by atoms with Gasteiger partial charge in [0.1, 0.15) is 18.3 Å². The van der Waals surface area contributed by atoms with Crippen LogP contribution in [0.4, 0.5) is 0 Å². The van der Waals surface area contributed by atoms with Gasteiger partial charge in [0, 0.05) is 25.2 Å². The molecule has 140 valence electrons. The Hall–Kier alpha value is -1.60. The van der Waals surface area contributed by atoms with Crippen LogP contribution < -0.4 is 17.0 Å². The molecule has 25 heavy (non-hydrogen) atoms. The molecule has 2 saturated heterocycles. The minimum atomic E-state index is -1.39. The summed E-state index contributed by atoms with van der Waals surface area (Å²) in [5.74, 6) is 0. The molecule has 0 saturated carbocycles. The van der Waals surface area contributed by atoms with Gasteiger partial charge in [0.2, 0.25) is 0 Å². The number of rotatable bonds is 5. The highest BCUT2D eigenvalue weighted by Gasteiger charge is 2.45. The Morgan fingerprint density at radius 3 is 2.64 bits per heavy atom. The first-order valence-corrected chi connectivity index (χ1v) is 7.89. The Morgan fingerprint density at radius 2 is 2.00 bits per heavy atom. The molecule has 7 atom stereocenters. The average molecular weight is 359 g/mol. The first-order valence-electron chi connectivity index (χ1n) is 7.89. The Balaban J connectivity index is 1.62. The first kappa shape index (κ1) is 18.2. The van der Waals surface area contributed by atoms with Gasteiger partial charge in [-0.25, -0.2) is 4.79 Å². The highest BCUT2D eigenvalue weighted by Crippen LogP contribution is 2.29. The van der Waals surface area contributed by atoms with Crippen LogP contribution in [-0.4, -0.2) is 74.8 Å². The van der Waals surface area contributed by atoms with Crippen LogP contribution in [0, 0.1) is 0 Å². The van der Waals surface area contributed by atoms with E-state index in [1.165, 1.54) is 6.20 Å². The molecule has 0 radical (unpaired) electrons. The molecule has 3 heterocycles. The molecule has 0 aromatic carbocycles. The SMILES string of the molecule is NC[C@H]1O[C@@H](OC[C@H]2O[C@@H](n3ccc(=O)[nH]c3=O)[C@H](O)[C@@H]2O)C[C@@H]1O. The van der Waals surface area contributed by atoms with Crippen LogP contribution in [-0.2, 0) is 14.2 Å². The summed E-state index contributed by atoms with van der Waals surface area (Å²) >= 11 is 0. The summed E-state index contributed by atoms with van der Waals surface area (Å²) in [6, 6.07) is 1.11. The van der Waals surface area contributed by atoms with Gasteiger partial charge in [0.05, 0.1) is 18.8 Å². The Kier molecular flexibility index (Phi) is 5.34. The number of aromatic nitrogens is 2. The van der Waals surface area contributed by atoms with Crippen LogP contribution in [0.3, 0.4) is 0 Å². The van der Waals surface area contributed by atoms with Crippen LogP contribution in [0.1, 0.15) is 12.6 Å². The molecule has 3 rings (SSSR count). The zero-order valence-electron chi connectivity index (χ0n) is 13.2. The van der Waals surface area contributed by atoms with Crippen LogP contribution in [0.15, 0.2) is 21.9 Å². The number of nitrogens with zero attached hydrogens (tertiary/aromatic N) is 1. The van der Waals surface area contributed by atoms with Crippen molar-refractivity contribution in [2.75, 3.05) is 13.2 Å². The summed E-state index contributed by atoms with van der Waals surface area (Å²) < 4.78 is 17.3. The molecule has 0 unspecified atom stereocenters. The predicted molar refractivity (Wildman–Crippen MR) is 81.5 cm³/mol. The quantitative estimate of drug-likeness (QED) is 0.360. The van der Waals surface area contributed by atoms with E-state index >= 15 is 0 Å². The van der Waals surface area contributed by atoms with E-state index in [-0.39, 0.29) is 19.6 Å². The fraction of sp³-hybridized carbons (Fsp3) is 0.714. The van der Waals surface area contributed by atoms with Crippen molar-refractivity contribution < 1.29 is 29.5 Å².